The Morgan fingerprint density at radius 2 is 1.54 bits per heavy atom. The first kappa shape index (κ1) is 19.5. The van der Waals surface area contributed by atoms with Crippen molar-refractivity contribution in [2.24, 2.45) is 0 Å². The van der Waals surface area contributed by atoms with Crippen LogP contribution in [0.4, 0.5) is 0 Å². The van der Waals surface area contributed by atoms with E-state index in [-0.39, 0.29) is 11.7 Å². The molecule has 0 aromatic heterocycles. The van der Waals surface area contributed by atoms with Crippen LogP contribution in [0.15, 0.2) is 71.8 Å². The maximum atomic E-state index is 13.3. The summed E-state index contributed by atoms with van der Waals surface area (Å²) in [6.07, 6.45) is 2.14. The van der Waals surface area contributed by atoms with E-state index in [0.717, 1.165) is 12.0 Å². The SMILES string of the molecule is COC(=O)C1=C(C(=O)[C@H](Cc2ccccc2)NC(=O)c2ccccc2)CCC1. The summed E-state index contributed by atoms with van der Waals surface area (Å²) in [6, 6.07) is 17.6. The zero-order valence-electron chi connectivity index (χ0n) is 15.8. The molecule has 0 spiro atoms. The van der Waals surface area contributed by atoms with Crippen molar-refractivity contribution in [1.29, 1.82) is 0 Å². The van der Waals surface area contributed by atoms with Gasteiger partial charge in [-0.2, -0.15) is 0 Å². The van der Waals surface area contributed by atoms with Gasteiger partial charge in [0.1, 0.15) is 0 Å². The van der Waals surface area contributed by atoms with Crippen molar-refractivity contribution in [3.05, 3.63) is 82.9 Å². The van der Waals surface area contributed by atoms with E-state index in [9.17, 15) is 14.4 Å². The molecule has 1 atom stereocenters. The lowest BCUT2D eigenvalue weighted by Gasteiger charge is -2.19. The summed E-state index contributed by atoms with van der Waals surface area (Å²) >= 11 is 0. The second kappa shape index (κ2) is 9.13. The van der Waals surface area contributed by atoms with Crippen LogP contribution in [0.3, 0.4) is 0 Å². The zero-order valence-corrected chi connectivity index (χ0v) is 15.8. The van der Waals surface area contributed by atoms with Crippen LogP contribution in [0.1, 0.15) is 35.2 Å². The number of amides is 1. The van der Waals surface area contributed by atoms with Crippen molar-refractivity contribution in [3.8, 4) is 0 Å². The van der Waals surface area contributed by atoms with Gasteiger partial charge in [-0.15, -0.1) is 0 Å². The molecule has 3 rings (SSSR count). The van der Waals surface area contributed by atoms with Crippen LogP contribution in [-0.4, -0.2) is 30.8 Å². The highest BCUT2D eigenvalue weighted by atomic mass is 16.5. The first-order chi connectivity index (χ1) is 13.6. The molecule has 5 heteroatoms. The third-order valence-corrected chi connectivity index (χ3v) is 4.89. The average molecular weight is 377 g/mol. The quantitative estimate of drug-likeness (QED) is 0.752. The average Bonchev–Trinajstić information content (AvgIpc) is 3.23. The van der Waals surface area contributed by atoms with Crippen LogP contribution in [0.5, 0.6) is 0 Å². The van der Waals surface area contributed by atoms with E-state index in [1.165, 1.54) is 7.11 Å². The fraction of sp³-hybridized carbons (Fsp3) is 0.261. The fourth-order valence-corrected chi connectivity index (χ4v) is 3.46. The predicted octanol–water partition coefficient (Wildman–Crippen LogP) is 3.25. The summed E-state index contributed by atoms with van der Waals surface area (Å²) in [6.45, 7) is 0. The minimum Gasteiger partial charge on any atom is -0.466 e. The third kappa shape index (κ3) is 4.55. The number of Topliss-reactive ketones (excluding diaryl/α,β-unsaturated/α-hetero) is 1. The number of methoxy groups -OCH3 is 1. The van der Waals surface area contributed by atoms with Crippen LogP contribution in [0.2, 0.25) is 0 Å². The fourth-order valence-electron chi connectivity index (χ4n) is 3.46. The molecule has 5 nitrogen and oxygen atoms in total. The maximum absolute atomic E-state index is 13.3. The zero-order chi connectivity index (χ0) is 19.9. The Kier molecular flexibility index (Phi) is 6.37. The van der Waals surface area contributed by atoms with E-state index in [1.807, 2.05) is 36.4 Å². The number of hydrogen-bond acceptors (Lipinski definition) is 4. The van der Waals surface area contributed by atoms with Crippen molar-refractivity contribution >= 4 is 17.7 Å². The van der Waals surface area contributed by atoms with Gasteiger partial charge >= 0.3 is 5.97 Å². The summed E-state index contributed by atoms with van der Waals surface area (Å²) in [5.41, 5.74) is 2.33. The Labute approximate surface area is 164 Å². The lowest BCUT2D eigenvalue weighted by Crippen LogP contribution is -2.43. The Bertz CT molecular complexity index is 887. The molecule has 1 amide bonds. The lowest BCUT2D eigenvalue weighted by atomic mass is 9.95. The van der Waals surface area contributed by atoms with Gasteiger partial charge in [-0.05, 0) is 37.0 Å². The van der Waals surface area contributed by atoms with E-state index in [2.05, 4.69) is 5.32 Å². The first-order valence-electron chi connectivity index (χ1n) is 9.34. The number of benzene rings is 2. The van der Waals surface area contributed by atoms with E-state index >= 15 is 0 Å². The van der Waals surface area contributed by atoms with Gasteiger partial charge in [-0.3, -0.25) is 9.59 Å². The van der Waals surface area contributed by atoms with Crippen LogP contribution in [0.25, 0.3) is 0 Å². The second-order valence-corrected chi connectivity index (χ2v) is 6.75. The molecular formula is C23H23NO4. The van der Waals surface area contributed by atoms with Crippen LogP contribution < -0.4 is 5.32 Å². The molecule has 0 saturated heterocycles. The summed E-state index contributed by atoms with van der Waals surface area (Å²) in [5.74, 6) is -0.993. The lowest BCUT2D eigenvalue weighted by molar-refractivity contribution is -0.136. The normalized spacial score (nSPS) is 14.5. The van der Waals surface area contributed by atoms with Gasteiger partial charge in [0, 0.05) is 23.1 Å². The molecule has 144 valence electrons. The Morgan fingerprint density at radius 1 is 0.929 bits per heavy atom. The van der Waals surface area contributed by atoms with Gasteiger partial charge in [-0.25, -0.2) is 4.79 Å². The molecule has 0 aliphatic heterocycles. The number of esters is 1. The highest BCUT2D eigenvalue weighted by Gasteiger charge is 2.31. The van der Waals surface area contributed by atoms with Crippen molar-refractivity contribution < 1.29 is 19.1 Å². The molecule has 0 fully saturated rings. The smallest absolute Gasteiger partial charge is 0.334 e. The molecular weight excluding hydrogens is 354 g/mol. The van der Waals surface area contributed by atoms with Crippen LogP contribution in [0, 0.1) is 0 Å². The minimum atomic E-state index is -0.747. The molecule has 2 aromatic carbocycles. The van der Waals surface area contributed by atoms with Gasteiger partial charge in [0.25, 0.3) is 5.91 Å². The number of carbonyl (C=O) groups excluding carboxylic acids is 3. The molecule has 0 radical (unpaired) electrons. The molecule has 0 saturated carbocycles. The van der Waals surface area contributed by atoms with Crippen molar-refractivity contribution in [2.75, 3.05) is 7.11 Å². The maximum Gasteiger partial charge on any atom is 0.334 e. The predicted molar refractivity (Wildman–Crippen MR) is 106 cm³/mol. The molecule has 0 heterocycles. The Balaban J connectivity index is 1.88. The third-order valence-electron chi connectivity index (χ3n) is 4.89. The van der Waals surface area contributed by atoms with Gasteiger partial charge < -0.3 is 10.1 Å². The molecule has 0 unspecified atom stereocenters. The van der Waals surface area contributed by atoms with E-state index in [1.54, 1.807) is 24.3 Å². The summed E-state index contributed by atoms with van der Waals surface area (Å²) < 4.78 is 4.83. The van der Waals surface area contributed by atoms with Crippen molar-refractivity contribution in [2.45, 2.75) is 31.7 Å². The first-order valence-corrected chi connectivity index (χ1v) is 9.34. The van der Waals surface area contributed by atoms with Crippen LogP contribution in [-0.2, 0) is 20.7 Å². The number of ether oxygens (including phenoxy) is 1. The molecule has 28 heavy (non-hydrogen) atoms. The highest BCUT2D eigenvalue weighted by Crippen LogP contribution is 2.29. The topological polar surface area (TPSA) is 72.5 Å². The standard InChI is InChI=1S/C23H23NO4/c1-28-23(27)19-14-8-13-18(19)21(25)20(15-16-9-4-2-5-10-16)24-22(26)17-11-6-3-7-12-17/h2-7,9-12,20H,8,13-15H2,1H3,(H,24,26)/t20-/m0/s1. The monoisotopic (exact) mass is 377 g/mol. The van der Waals surface area contributed by atoms with Gasteiger partial charge in [0.05, 0.1) is 13.2 Å². The number of hydrogen-bond donors (Lipinski definition) is 1. The van der Waals surface area contributed by atoms with E-state index < -0.39 is 12.0 Å². The summed E-state index contributed by atoms with van der Waals surface area (Å²) in [4.78, 5) is 38.0. The second-order valence-electron chi connectivity index (χ2n) is 6.75. The molecule has 0 bridgehead atoms. The Morgan fingerprint density at radius 3 is 2.18 bits per heavy atom. The molecule has 1 N–H and O–H groups in total. The largest absolute Gasteiger partial charge is 0.466 e. The van der Waals surface area contributed by atoms with Gasteiger partial charge in [-0.1, -0.05) is 48.5 Å². The number of rotatable bonds is 7. The molecule has 2 aromatic rings. The van der Waals surface area contributed by atoms with Crippen molar-refractivity contribution in [1.82, 2.24) is 5.32 Å². The minimum absolute atomic E-state index is 0.217. The number of ketones is 1. The van der Waals surface area contributed by atoms with Crippen molar-refractivity contribution in [3.63, 3.8) is 0 Å². The van der Waals surface area contributed by atoms with Gasteiger partial charge in [0.15, 0.2) is 5.78 Å². The van der Waals surface area contributed by atoms with E-state index in [4.69, 9.17) is 4.74 Å². The van der Waals surface area contributed by atoms with E-state index in [0.29, 0.717) is 36.0 Å². The van der Waals surface area contributed by atoms with Gasteiger partial charge in [0.2, 0.25) is 0 Å². The summed E-state index contributed by atoms with van der Waals surface area (Å²) in [5, 5.41) is 2.86. The number of nitrogens with one attached hydrogen (secondary N) is 1. The molecule has 1 aliphatic carbocycles. The van der Waals surface area contributed by atoms with Crippen LogP contribution >= 0.6 is 0 Å². The summed E-state index contributed by atoms with van der Waals surface area (Å²) in [7, 11) is 1.31. The molecule has 1 aliphatic rings. The highest BCUT2D eigenvalue weighted by molar-refractivity contribution is 6.09. The number of carbonyl (C=O) groups is 3. The Hall–Kier alpha value is -3.21.